The van der Waals surface area contributed by atoms with E-state index in [9.17, 15) is 18.0 Å². The van der Waals surface area contributed by atoms with Crippen molar-refractivity contribution < 1.29 is 18.0 Å². The Balaban J connectivity index is 2.37. The van der Waals surface area contributed by atoms with Gasteiger partial charge in [0.05, 0.1) is 5.69 Å². The molecule has 1 unspecified atom stereocenters. The van der Waals surface area contributed by atoms with Gasteiger partial charge in [-0.1, -0.05) is 69.3 Å². The van der Waals surface area contributed by atoms with Crippen molar-refractivity contribution in [1.29, 1.82) is 0 Å². The number of nitrogens with zero attached hydrogens (tertiary/aromatic N) is 3. The van der Waals surface area contributed by atoms with Gasteiger partial charge in [0.2, 0.25) is 11.8 Å². The monoisotopic (exact) mass is 502 g/mol. The van der Waals surface area contributed by atoms with Crippen LogP contribution in [-0.4, -0.2) is 69.2 Å². The van der Waals surface area contributed by atoms with E-state index in [1.54, 1.807) is 30.3 Å². The molecule has 0 aromatic heterocycles. The zero-order chi connectivity index (χ0) is 26.0. The lowest BCUT2D eigenvalue weighted by molar-refractivity contribution is -0.139. The Morgan fingerprint density at radius 3 is 2.03 bits per heavy atom. The van der Waals surface area contributed by atoms with Crippen LogP contribution in [0.4, 0.5) is 5.69 Å². The van der Waals surface area contributed by atoms with Gasteiger partial charge >= 0.3 is 10.2 Å². The highest BCUT2D eigenvalue weighted by atomic mass is 32.2. The molecule has 1 N–H and O–H groups in total. The standard InChI is InChI=1S/C26H38N4O4S/c1-6-24(26(32)27-19-21(2)3)29(18-17-22-13-9-7-10-14-22)25(31)20-30(35(33,34)28(4)5)23-15-11-8-12-16-23/h7-16,21,24H,6,17-20H2,1-5H3,(H,27,32). The molecular weight excluding hydrogens is 464 g/mol. The molecular formula is C26H38N4O4S. The van der Waals surface area contributed by atoms with Crippen LogP contribution in [0.15, 0.2) is 60.7 Å². The summed E-state index contributed by atoms with van der Waals surface area (Å²) in [6.07, 6.45) is 0.961. The normalized spacial score (nSPS) is 12.4. The van der Waals surface area contributed by atoms with Crippen LogP contribution in [0.25, 0.3) is 0 Å². The first-order chi connectivity index (χ1) is 16.6. The van der Waals surface area contributed by atoms with E-state index in [0.29, 0.717) is 31.6 Å². The second-order valence-corrected chi connectivity index (χ2v) is 11.1. The van der Waals surface area contributed by atoms with Gasteiger partial charge in [-0.05, 0) is 36.5 Å². The molecule has 0 aliphatic rings. The van der Waals surface area contributed by atoms with E-state index in [-0.39, 0.29) is 11.8 Å². The fraction of sp³-hybridized carbons (Fsp3) is 0.462. The Bertz CT molecular complexity index is 1040. The summed E-state index contributed by atoms with van der Waals surface area (Å²) in [6.45, 7) is 6.25. The van der Waals surface area contributed by atoms with Gasteiger partial charge in [0, 0.05) is 27.2 Å². The molecule has 2 aromatic carbocycles. The molecule has 9 heteroatoms. The topological polar surface area (TPSA) is 90.0 Å². The molecule has 0 aliphatic heterocycles. The maximum atomic E-state index is 13.7. The van der Waals surface area contributed by atoms with E-state index in [2.05, 4.69) is 5.32 Å². The van der Waals surface area contributed by atoms with Crippen molar-refractivity contribution >= 4 is 27.7 Å². The second kappa shape index (κ2) is 13.3. The Kier molecular flexibility index (Phi) is 10.7. The van der Waals surface area contributed by atoms with E-state index < -0.39 is 28.7 Å². The highest BCUT2D eigenvalue weighted by molar-refractivity contribution is 7.90. The number of para-hydroxylation sites is 1. The molecule has 1 atom stereocenters. The molecule has 8 nitrogen and oxygen atoms in total. The minimum atomic E-state index is -3.94. The lowest BCUT2D eigenvalue weighted by Crippen LogP contribution is -2.54. The predicted molar refractivity (Wildman–Crippen MR) is 140 cm³/mol. The van der Waals surface area contributed by atoms with Crippen molar-refractivity contribution in [2.45, 2.75) is 39.7 Å². The van der Waals surface area contributed by atoms with E-state index in [0.717, 1.165) is 14.2 Å². The molecule has 0 saturated carbocycles. The van der Waals surface area contributed by atoms with Crippen LogP contribution in [0.3, 0.4) is 0 Å². The molecule has 0 bridgehead atoms. The first-order valence-corrected chi connectivity index (χ1v) is 13.3. The molecule has 0 heterocycles. The number of hydrogen-bond donors (Lipinski definition) is 1. The van der Waals surface area contributed by atoms with E-state index in [4.69, 9.17) is 0 Å². The number of carbonyl (C=O) groups excluding carboxylic acids is 2. The summed E-state index contributed by atoms with van der Waals surface area (Å²) in [7, 11) is -1.09. The molecule has 0 fully saturated rings. The van der Waals surface area contributed by atoms with Gasteiger partial charge in [-0.2, -0.15) is 12.7 Å². The Hall–Kier alpha value is -2.91. The van der Waals surface area contributed by atoms with Crippen molar-refractivity contribution in [1.82, 2.24) is 14.5 Å². The highest BCUT2D eigenvalue weighted by Gasteiger charge is 2.33. The van der Waals surface area contributed by atoms with Crippen LogP contribution in [0.2, 0.25) is 0 Å². The van der Waals surface area contributed by atoms with Crippen LogP contribution in [0.1, 0.15) is 32.8 Å². The maximum absolute atomic E-state index is 13.7. The molecule has 2 aromatic rings. The Labute approximate surface area is 210 Å². The van der Waals surface area contributed by atoms with Gasteiger partial charge in [0.25, 0.3) is 0 Å². The van der Waals surface area contributed by atoms with Crippen LogP contribution < -0.4 is 9.62 Å². The van der Waals surface area contributed by atoms with Gasteiger partial charge in [-0.15, -0.1) is 0 Å². The van der Waals surface area contributed by atoms with Gasteiger partial charge < -0.3 is 10.2 Å². The number of nitrogens with one attached hydrogen (secondary N) is 1. The number of benzene rings is 2. The minimum Gasteiger partial charge on any atom is -0.354 e. The van der Waals surface area contributed by atoms with Crippen molar-refractivity contribution in [2.24, 2.45) is 5.92 Å². The summed E-state index contributed by atoms with van der Waals surface area (Å²) in [5, 5.41) is 2.93. The van der Waals surface area contributed by atoms with Crippen molar-refractivity contribution in [2.75, 3.05) is 38.0 Å². The SMILES string of the molecule is CCC(C(=O)NCC(C)C)N(CCc1ccccc1)C(=O)CN(c1ccccc1)S(=O)(=O)N(C)C. The van der Waals surface area contributed by atoms with E-state index >= 15 is 0 Å². The summed E-state index contributed by atoms with van der Waals surface area (Å²) in [6, 6.07) is 17.5. The molecule has 35 heavy (non-hydrogen) atoms. The third-order valence-corrected chi connectivity index (χ3v) is 7.44. The molecule has 192 valence electrons. The molecule has 0 spiro atoms. The summed E-state index contributed by atoms with van der Waals surface area (Å²) in [5.41, 5.74) is 1.42. The molecule has 2 rings (SSSR count). The van der Waals surface area contributed by atoms with E-state index in [1.165, 1.54) is 19.0 Å². The zero-order valence-electron chi connectivity index (χ0n) is 21.3. The zero-order valence-corrected chi connectivity index (χ0v) is 22.2. The summed E-state index contributed by atoms with van der Waals surface area (Å²) in [5.74, 6) is -0.394. The third kappa shape index (κ3) is 8.07. The molecule has 0 radical (unpaired) electrons. The van der Waals surface area contributed by atoms with Gasteiger partial charge in [0.1, 0.15) is 12.6 Å². The second-order valence-electron chi connectivity index (χ2n) is 9.02. The van der Waals surface area contributed by atoms with Crippen molar-refractivity contribution in [3.05, 3.63) is 66.2 Å². The Morgan fingerprint density at radius 1 is 0.943 bits per heavy atom. The fourth-order valence-electron chi connectivity index (χ4n) is 3.63. The highest BCUT2D eigenvalue weighted by Crippen LogP contribution is 2.20. The maximum Gasteiger partial charge on any atom is 0.304 e. The van der Waals surface area contributed by atoms with Crippen LogP contribution in [0.5, 0.6) is 0 Å². The lowest BCUT2D eigenvalue weighted by atomic mass is 10.1. The average molecular weight is 503 g/mol. The van der Waals surface area contributed by atoms with Crippen molar-refractivity contribution in [3.8, 4) is 0 Å². The van der Waals surface area contributed by atoms with Crippen LogP contribution in [0, 0.1) is 5.92 Å². The lowest BCUT2D eigenvalue weighted by Gasteiger charge is -2.34. The molecule has 0 aliphatic carbocycles. The summed E-state index contributed by atoms with van der Waals surface area (Å²) in [4.78, 5) is 28.3. The van der Waals surface area contributed by atoms with E-state index in [1.807, 2.05) is 51.1 Å². The van der Waals surface area contributed by atoms with Gasteiger partial charge in [-0.3, -0.25) is 9.59 Å². The Morgan fingerprint density at radius 2 is 1.51 bits per heavy atom. The predicted octanol–water partition coefficient (Wildman–Crippen LogP) is 2.92. The van der Waals surface area contributed by atoms with Gasteiger partial charge in [0.15, 0.2) is 0 Å². The number of anilines is 1. The van der Waals surface area contributed by atoms with Crippen LogP contribution >= 0.6 is 0 Å². The number of amides is 2. The first-order valence-electron chi connectivity index (χ1n) is 11.9. The first kappa shape index (κ1) is 28.3. The van der Waals surface area contributed by atoms with Crippen molar-refractivity contribution in [3.63, 3.8) is 0 Å². The molecule has 0 saturated heterocycles. The number of hydrogen-bond acceptors (Lipinski definition) is 4. The molecule has 2 amide bonds. The van der Waals surface area contributed by atoms with Crippen LogP contribution in [-0.2, 0) is 26.2 Å². The quantitative estimate of drug-likeness (QED) is 0.456. The summed E-state index contributed by atoms with van der Waals surface area (Å²) < 4.78 is 28.4. The third-order valence-electron chi connectivity index (χ3n) is 5.62. The van der Waals surface area contributed by atoms with Gasteiger partial charge in [-0.25, -0.2) is 4.31 Å². The smallest absolute Gasteiger partial charge is 0.304 e. The largest absolute Gasteiger partial charge is 0.354 e. The average Bonchev–Trinajstić information content (AvgIpc) is 2.84. The number of carbonyl (C=O) groups is 2. The minimum absolute atomic E-state index is 0.232. The summed E-state index contributed by atoms with van der Waals surface area (Å²) >= 11 is 0. The number of rotatable bonds is 13. The fourth-order valence-corrected chi connectivity index (χ4v) is 4.69.